The third-order valence-corrected chi connectivity index (χ3v) is 2.12. The Bertz CT molecular complexity index is 540. The van der Waals surface area contributed by atoms with Crippen molar-refractivity contribution in [2.45, 2.75) is 0 Å². The molecule has 4 heteroatoms. The van der Waals surface area contributed by atoms with Crippen LogP contribution in [-0.4, -0.2) is 11.3 Å². The number of carbonyl (C=O) groups is 1. The molecule has 80 valence electrons. The Labute approximate surface area is 90.6 Å². The highest BCUT2D eigenvalue weighted by atomic mass is 19.1. The van der Waals surface area contributed by atoms with Gasteiger partial charge in [0.25, 0.3) is 0 Å². The van der Waals surface area contributed by atoms with Gasteiger partial charge in [-0.15, -0.1) is 0 Å². The largest absolute Gasteiger partial charge is 0.298 e. The van der Waals surface area contributed by atoms with Gasteiger partial charge in [-0.05, 0) is 24.3 Å². The van der Waals surface area contributed by atoms with Crippen LogP contribution in [0.1, 0.15) is 10.4 Å². The summed E-state index contributed by atoms with van der Waals surface area (Å²) in [5.74, 6) is -1.16. The van der Waals surface area contributed by atoms with E-state index in [-0.39, 0.29) is 11.3 Å². The Balaban J connectivity index is 2.62. The maximum absolute atomic E-state index is 13.0. The second-order valence-corrected chi connectivity index (χ2v) is 3.20. The smallest absolute Gasteiger partial charge is 0.213 e. The predicted octanol–water partition coefficient (Wildman–Crippen LogP) is 2.84. The van der Waals surface area contributed by atoms with Crippen molar-refractivity contribution in [2.75, 3.05) is 0 Å². The van der Waals surface area contributed by atoms with Crippen LogP contribution in [0.15, 0.2) is 36.4 Å². The normalized spacial score (nSPS) is 10.1. The number of benzene rings is 1. The maximum atomic E-state index is 13.0. The molecule has 0 atom stereocenters. The molecule has 2 nitrogen and oxygen atoms in total. The molecular formula is C12H7F2NO. The maximum Gasteiger partial charge on any atom is 0.213 e. The third-order valence-electron chi connectivity index (χ3n) is 2.12. The lowest BCUT2D eigenvalue weighted by Crippen LogP contribution is -1.94. The molecule has 2 rings (SSSR count). The van der Waals surface area contributed by atoms with Gasteiger partial charge in [-0.1, -0.05) is 12.1 Å². The first kappa shape index (κ1) is 10.4. The number of aromatic nitrogens is 1. The van der Waals surface area contributed by atoms with Gasteiger partial charge in [0.1, 0.15) is 5.82 Å². The Morgan fingerprint density at radius 3 is 2.62 bits per heavy atom. The standard InChI is InChI=1S/C12H7F2NO/c13-10-3-1-2-8(6-10)12-9(7-16)4-5-11(14)15-12/h1-7H. The fourth-order valence-electron chi connectivity index (χ4n) is 1.41. The molecule has 0 radical (unpaired) electrons. The van der Waals surface area contributed by atoms with E-state index in [1.165, 1.54) is 24.3 Å². The average molecular weight is 219 g/mol. The summed E-state index contributed by atoms with van der Waals surface area (Å²) in [6, 6.07) is 7.92. The van der Waals surface area contributed by atoms with Crippen LogP contribution >= 0.6 is 0 Å². The summed E-state index contributed by atoms with van der Waals surface area (Å²) < 4.78 is 25.9. The molecule has 0 aliphatic heterocycles. The molecule has 0 N–H and O–H groups in total. The van der Waals surface area contributed by atoms with Gasteiger partial charge in [0.2, 0.25) is 5.95 Å². The molecule has 0 aliphatic carbocycles. The number of halogens is 2. The van der Waals surface area contributed by atoms with Crippen LogP contribution < -0.4 is 0 Å². The van der Waals surface area contributed by atoms with Gasteiger partial charge in [0.15, 0.2) is 6.29 Å². The minimum Gasteiger partial charge on any atom is -0.298 e. The Morgan fingerprint density at radius 1 is 1.12 bits per heavy atom. The van der Waals surface area contributed by atoms with Crippen LogP contribution in [0.4, 0.5) is 8.78 Å². The van der Waals surface area contributed by atoms with E-state index in [1.807, 2.05) is 0 Å². The highest BCUT2D eigenvalue weighted by Crippen LogP contribution is 2.21. The fraction of sp³-hybridized carbons (Fsp3) is 0. The molecule has 2 aromatic rings. The molecule has 0 bridgehead atoms. The number of hydrogen-bond donors (Lipinski definition) is 0. The molecule has 0 aliphatic rings. The van der Waals surface area contributed by atoms with Crippen LogP contribution in [-0.2, 0) is 0 Å². The van der Waals surface area contributed by atoms with Gasteiger partial charge in [-0.2, -0.15) is 4.39 Å². The van der Waals surface area contributed by atoms with Gasteiger partial charge < -0.3 is 0 Å². The van der Waals surface area contributed by atoms with E-state index in [0.29, 0.717) is 11.8 Å². The van der Waals surface area contributed by atoms with Gasteiger partial charge >= 0.3 is 0 Å². The summed E-state index contributed by atoms with van der Waals surface area (Å²) >= 11 is 0. The van der Waals surface area contributed by atoms with Crippen LogP contribution in [0.3, 0.4) is 0 Å². The van der Waals surface area contributed by atoms with Crippen LogP contribution in [0.2, 0.25) is 0 Å². The molecule has 1 aromatic carbocycles. The van der Waals surface area contributed by atoms with Crippen molar-refractivity contribution in [3.8, 4) is 11.3 Å². The highest BCUT2D eigenvalue weighted by Gasteiger charge is 2.08. The van der Waals surface area contributed by atoms with Crippen molar-refractivity contribution in [2.24, 2.45) is 0 Å². The summed E-state index contributed by atoms with van der Waals surface area (Å²) in [4.78, 5) is 14.3. The summed E-state index contributed by atoms with van der Waals surface area (Å²) in [6.45, 7) is 0. The molecule has 0 fully saturated rings. The van der Waals surface area contributed by atoms with Crippen molar-refractivity contribution < 1.29 is 13.6 Å². The Kier molecular flexibility index (Phi) is 2.72. The lowest BCUT2D eigenvalue weighted by molar-refractivity contribution is 0.112. The monoisotopic (exact) mass is 219 g/mol. The van der Waals surface area contributed by atoms with Crippen LogP contribution in [0, 0.1) is 11.8 Å². The minimum atomic E-state index is -0.704. The molecule has 1 heterocycles. The first-order valence-electron chi connectivity index (χ1n) is 4.58. The lowest BCUT2D eigenvalue weighted by Gasteiger charge is -2.03. The lowest BCUT2D eigenvalue weighted by atomic mass is 10.1. The zero-order valence-corrected chi connectivity index (χ0v) is 8.15. The molecule has 0 spiro atoms. The minimum absolute atomic E-state index is 0.148. The van der Waals surface area contributed by atoms with E-state index in [2.05, 4.69) is 4.98 Å². The summed E-state index contributed by atoms with van der Waals surface area (Å²) in [5, 5.41) is 0. The van der Waals surface area contributed by atoms with Gasteiger partial charge in [-0.25, -0.2) is 9.37 Å². The van der Waals surface area contributed by atoms with Crippen molar-refractivity contribution in [3.63, 3.8) is 0 Å². The zero-order chi connectivity index (χ0) is 11.5. The molecular weight excluding hydrogens is 212 g/mol. The Morgan fingerprint density at radius 2 is 1.94 bits per heavy atom. The summed E-state index contributed by atoms with van der Waals surface area (Å²) in [6.07, 6.45) is 0.562. The zero-order valence-electron chi connectivity index (χ0n) is 8.15. The Hall–Kier alpha value is -2.10. The number of nitrogens with zero attached hydrogens (tertiary/aromatic N) is 1. The van der Waals surface area contributed by atoms with Gasteiger partial charge in [-0.3, -0.25) is 4.79 Å². The third kappa shape index (κ3) is 1.95. The number of aldehydes is 1. The SMILES string of the molecule is O=Cc1ccc(F)nc1-c1cccc(F)c1. The van der Waals surface area contributed by atoms with Crippen LogP contribution in [0.25, 0.3) is 11.3 Å². The predicted molar refractivity (Wildman–Crippen MR) is 55.0 cm³/mol. The second kappa shape index (κ2) is 4.18. The number of hydrogen-bond acceptors (Lipinski definition) is 2. The highest BCUT2D eigenvalue weighted by molar-refractivity contribution is 5.85. The van der Waals surface area contributed by atoms with Crippen molar-refractivity contribution in [3.05, 3.63) is 53.7 Å². The van der Waals surface area contributed by atoms with Crippen molar-refractivity contribution >= 4 is 6.29 Å². The van der Waals surface area contributed by atoms with E-state index in [0.717, 1.165) is 6.07 Å². The topological polar surface area (TPSA) is 30.0 Å². The first-order valence-corrected chi connectivity index (χ1v) is 4.58. The van der Waals surface area contributed by atoms with Crippen molar-refractivity contribution in [1.82, 2.24) is 4.98 Å². The quantitative estimate of drug-likeness (QED) is 0.574. The average Bonchev–Trinajstić information content (AvgIpc) is 2.29. The molecule has 0 unspecified atom stereocenters. The van der Waals surface area contributed by atoms with Crippen molar-refractivity contribution in [1.29, 1.82) is 0 Å². The molecule has 0 saturated heterocycles. The van der Waals surface area contributed by atoms with E-state index in [1.54, 1.807) is 6.07 Å². The molecule has 16 heavy (non-hydrogen) atoms. The molecule has 1 aromatic heterocycles. The fourth-order valence-corrected chi connectivity index (χ4v) is 1.41. The number of pyridine rings is 1. The molecule has 0 amide bonds. The van der Waals surface area contributed by atoms with Crippen LogP contribution in [0.5, 0.6) is 0 Å². The van der Waals surface area contributed by atoms with E-state index in [9.17, 15) is 13.6 Å². The molecule has 0 saturated carbocycles. The summed E-state index contributed by atoms with van der Waals surface area (Å²) in [5.41, 5.74) is 0.753. The van der Waals surface area contributed by atoms with Gasteiger partial charge in [0, 0.05) is 11.1 Å². The van der Waals surface area contributed by atoms with E-state index >= 15 is 0 Å². The van der Waals surface area contributed by atoms with E-state index in [4.69, 9.17) is 0 Å². The van der Waals surface area contributed by atoms with Gasteiger partial charge in [0.05, 0.1) is 5.69 Å². The number of carbonyl (C=O) groups excluding carboxylic acids is 1. The second-order valence-electron chi connectivity index (χ2n) is 3.20. The van der Waals surface area contributed by atoms with E-state index < -0.39 is 11.8 Å². The summed E-state index contributed by atoms with van der Waals surface area (Å²) in [7, 11) is 0. The first-order chi connectivity index (χ1) is 7.70. The number of rotatable bonds is 2.